The van der Waals surface area contributed by atoms with Crippen LogP contribution in [-0.2, 0) is 4.79 Å². The highest BCUT2D eigenvalue weighted by Gasteiger charge is 2.23. The lowest BCUT2D eigenvalue weighted by molar-refractivity contribution is -0.121. The quantitative estimate of drug-likeness (QED) is 0.648. The van der Waals surface area contributed by atoms with Crippen LogP contribution in [0.1, 0.15) is 31.9 Å². The number of benzene rings is 2. The molecule has 0 saturated heterocycles. The molecular formula is C19H21N5OS. The molecule has 26 heavy (non-hydrogen) atoms. The highest BCUT2D eigenvalue weighted by atomic mass is 32.2. The van der Waals surface area contributed by atoms with E-state index in [4.69, 9.17) is 0 Å². The molecule has 6 nitrogen and oxygen atoms in total. The van der Waals surface area contributed by atoms with Crippen molar-refractivity contribution in [2.45, 2.75) is 36.7 Å². The van der Waals surface area contributed by atoms with E-state index in [-0.39, 0.29) is 17.2 Å². The zero-order valence-corrected chi connectivity index (χ0v) is 15.6. The third kappa shape index (κ3) is 4.29. The van der Waals surface area contributed by atoms with Crippen LogP contribution in [0.5, 0.6) is 0 Å². The van der Waals surface area contributed by atoms with Gasteiger partial charge in [0.05, 0.1) is 17.0 Å². The first-order chi connectivity index (χ1) is 12.7. The van der Waals surface area contributed by atoms with Crippen LogP contribution in [-0.4, -0.2) is 31.4 Å². The molecule has 1 aromatic heterocycles. The second-order valence-corrected chi connectivity index (χ2v) is 7.03. The Bertz CT molecular complexity index is 837. The van der Waals surface area contributed by atoms with E-state index in [9.17, 15) is 4.79 Å². The fraction of sp³-hybridized carbons (Fsp3) is 0.263. The van der Waals surface area contributed by atoms with E-state index in [1.54, 1.807) is 4.68 Å². The smallest absolute Gasteiger partial charge is 0.234 e. The number of tetrazole rings is 1. The van der Waals surface area contributed by atoms with Crippen LogP contribution in [0.4, 0.5) is 0 Å². The SMILES string of the molecule is CC[C@@H](Sc1nnnn1-c1ccccc1)C(=O)N[C@@H](C)c1ccccc1. The Balaban J connectivity index is 1.70. The summed E-state index contributed by atoms with van der Waals surface area (Å²) in [4.78, 5) is 12.7. The molecule has 0 radical (unpaired) electrons. The summed E-state index contributed by atoms with van der Waals surface area (Å²) in [6, 6.07) is 19.5. The molecule has 3 rings (SSSR count). The second-order valence-electron chi connectivity index (χ2n) is 5.86. The first-order valence-corrected chi connectivity index (χ1v) is 9.42. The molecule has 0 bridgehead atoms. The normalized spacial score (nSPS) is 13.2. The molecule has 1 heterocycles. The summed E-state index contributed by atoms with van der Waals surface area (Å²) >= 11 is 1.38. The average molecular weight is 367 g/mol. The molecule has 0 spiro atoms. The summed E-state index contributed by atoms with van der Waals surface area (Å²) in [6.45, 7) is 3.97. The van der Waals surface area contributed by atoms with Crippen LogP contribution in [0.2, 0.25) is 0 Å². The van der Waals surface area contributed by atoms with Crippen LogP contribution >= 0.6 is 11.8 Å². The van der Waals surface area contributed by atoms with Crippen molar-refractivity contribution in [1.82, 2.24) is 25.5 Å². The van der Waals surface area contributed by atoms with Gasteiger partial charge in [0, 0.05) is 0 Å². The van der Waals surface area contributed by atoms with Crippen molar-refractivity contribution in [2.24, 2.45) is 0 Å². The Morgan fingerprint density at radius 2 is 1.77 bits per heavy atom. The minimum Gasteiger partial charge on any atom is -0.349 e. The molecule has 0 aliphatic heterocycles. The molecule has 0 saturated carbocycles. The fourth-order valence-corrected chi connectivity index (χ4v) is 3.49. The molecule has 3 aromatic rings. The van der Waals surface area contributed by atoms with Gasteiger partial charge in [-0.1, -0.05) is 67.2 Å². The van der Waals surface area contributed by atoms with Crippen molar-refractivity contribution < 1.29 is 4.79 Å². The van der Waals surface area contributed by atoms with Crippen molar-refractivity contribution in [3.8, 4) is 5.69 Å². The monoisotopic (exact) mass is 367 g/mol. The molecule has 0 fully saturated rings. The lowest BCUT2D eigenvalue weighted by atomic mass is 10.1. The van der Waals surface area contributed by atoms with Crippen molar-refractivity contribution in [2.75, 3.05) is 0 Å². The molecule has 1 amide bonds. The van der Waals surface area contributed by atoms with Gasteiger partial charge in [0.1, 0.15) is 0 Å². The molecule has 2 atom stereocenters. The highest BCUT2D eigenvalue weighted by molar-refractivity contribution is 8.00. The molecule has 0 unspecified atom stereocenters. The van der Waals surface area contributed by atoms with Crippen LogP contribution in [0.3, 0.4) is 0 Å². The van der Waals surface area contributed by atoms with Gasteiger partial charge in [0.25, 0.3) is 0 Å². The number of rotatable bonds is 7. The molecule has 134 valence electrons. The summed E-state index contributed by atoms with van der Waals surface area (Å²) in [6.07, 6.45) is 0.680. The van der Waals surface area contributed by atoms with Crippen molar-refractivity contribution in [3.63, 3.8) is 0 Å². The third-order valence-electron chi connectivity index (χ3n) is 4.01. The minimum absolute atomic E-state index is 0.0172. The number of aromatic nitrogens is 4. The predicted octanol–water partition coefficient (Wildman–Crippen LogP) is 3.41. The summed E-state index contributed by atoms with van der Waals surface area (Å²) in [5.41, 5.74) is 1.95. The largest absolute Gasteiger partial charge is 0.349 e. The topological polar surface area (TPSA) is 72.7 Å². The fourth-order valence-electron chi connectivity index (χ4n) is 2.56. The Kier molecular flexibility index (Phi) is 6.01. The number of hydrogen-bond acceptors (Lipinski definition) is 5. The number of thioether (sulfide) groups is 1. The molecule has 1 N–H and O–H groups in total. The van der Waals surface area contributed by atoms with E-state index in [1.165, 1.54) is 11.8 Å². The molecular weight excluding hydrogens is 346 g/mol. The molecule has 0 aliphatic rings. The average Bonchev–Trinajstić information content (AvgIpc) is 3.15. The summed E-state index contributed by atoms with van der Waals surface area (Å²) in [5.74, 6) is -0.0172. The summed E-state index contributed by atoms with van der Waals surface area (Å²) in [5, 5.41) is 15.3. The van der Waals surface area contributed by atoms with E-state index in [1.807, 2.05) is 74.5 Å². The number of para-hydroxylation sites is 1. The van der Waals surface area contributed by atoms with Gasteiger partial charge in [-0.3, -0.25) is 4.79 Å². The van der Waals surface area contributed by atoms with E-state index < -0.39 is 0 Å². The molecule has 2 aromatic carbocycles. The van der Waals surface area contributed by atoms with Crippen molar-refractivity contribution >= 4 is 17.7 Å². The van der Waals surface area contributed by atoms with Gasteiger partial charge in [0.2, 0.25) is 11.1 Å². The maximum absolute atomic E-state index is 12.7. The number of carbonyl (C=O) groups excluding carboxylic acids is 1. The van der Waals surface area contributed by atoms with Gasteiger partial charge in [0.15, 0.2) is 0 Å². The van der Waals surface area contributed by atoms with Gasteiger partial charge < -0.3 is 5.32 Å². The minimum atomic E-state index is -0.269. The number of carbonyl (C=O) groups is 1. The maximum Gasteiger partial charge on any atom is 0.234 e. The Labute approximate surface area is 157 Å². The van der Waals surface area contributed by atoms with Gasteiger partial charge in [-0.25, -0.2) is 0 Å². The highest BCUT2D eigenvalue weighted by Crippen LogP contribution is 2.26. The predicted molar refractivity (Wildman–Crippen MR) is 102 cm³/mol. The lowest BCUT2D eigenvalue weighted by Crippen LogP contribution is -2.34. The van der Waals surface area contributed by atoms with Crippen LogP contribution in [0.15, 0.2) is 65.8 Å². The first kappa shape index (κ1) is 18.1. The Morgan fingerprint density at radius 3 is 2.42 bits per heavy atom. The Hall–Kier alpha value is -2.67. The van der Waals surface area contributed by atoms with Crippen molar-refractivity contribution in [3.05, 3.63) is 66.2 Å². The van der Waals surface area contributed by atoms with Gasteiger partial charge in [-0.15, -0.1) is 5.10 Å². The molecule has 0 aliphatic carbocycles. The first-order valence-electron chi connectivity index (χ1n) is 8.54. The van der Waals surface area contributed by atoms with E-state index in [2.05, 4.69) is 20.8 Å². The van der Waals surface area contributed by atoms with Crippen LogP contribution < -0.4 is 5.32 Å². The number of hydrogen-bond donors (Lipinski definition) is 1. The van der Waals surface area contributed by atoms with Crippen LogP contribution in [0.25, 0.3) is 5.69 Å². The summed E-state index contributed by atoms with van der Waals surface area (Å²) in [7, 11) is 0. The number of nitrogens with zero attached hydrogens (tertiary/aromatic N) is 4. The third-order valence-corrected chi connectivity index (χ3v) is 5.31. The van der Waals surface area contributed by atoms with E-state index in [0.717, 1.165) is 11.3 Å². The lowest BCUT2D eigenvalue weighted by Gasteiger charge is -2.19. The zero-order valence-electron chi connectivity index (χ0n) is 14.7. The maximum atomic E-state index is 12.7. The van der Waals surface area contributed by atoms with Crippen molar-refractivity contribution in [1.29, 1.82) is 0 Å². The van der Waals surface area contributed by atoms with Gasteiger partial charge in [-0.05, 0) is 41.5 Å². The van der Waals surface area contributed by atoms with E-state index >= 15 is 0 Å². The Morgan fingerprint density at radius 1 is 1.12 bits per heavy atom. The number of nitrogens with one attached hydrogen (secondary N) is 1. The number of amides is 1. The standard InChI is InChI=1S/C19H21N5OS/c1-3-17(18(25)20-14(2)15-10-6-4-7-11-15)26-19-21-22-23-24(19)16-12-8-5-9-13-16/h4-14,17H,3H2,1-2H3,(H,20,25)/t14-,17+/m0/s1. The van der Waals surface area contributed by atoms with Gasteiger partial charge in [-0.2, -0.15) is 4.68 Å². The van der Waals surface area contributed by atoms with Crippen LogP contribution in [0, 0.1) is 0 Å². The second kappa shape index (κ2) is 8.62. The summed E-state index contributed by atoms with van der Waals surface area (Å²) < 4.78 is 1.65. The zero-order chi connectivity index (χ0) is 18.4. The van der Waals surface area contributed by atoms with E-state index in [0.29, 0.717) is 11.6 Å². The van der Waals surface area contributed by atoms with Gasteiger partial charge >= 0.3 is 0 Å². The molecule has 7 heteroatoms.